The van der Waals surface area contributed by atoms with Crippen LogP contribution in [0, 0.1) is 0 Å². The van der Waals surface area contributed by atoms with Gasteiger partial charge in [-0.15, -0.1) is 0 Å². The van der Waals surface area contributed by atoms with E-state index in [1.807, 2.05) is 4.98 Å². The summed E-state index contributed by atoms with van der Waals surface area (Å²) < 4.78 is 36.0. The summed E-state index contributed by atoms with van der Waals surface area (Å²) in [5.41, 5.74) is -0.768. The van der Waals surface area contributed by atoms with Gasteiger partial charge in [0.1, 0.15) is 5.69 Å². The molecule has 0 fully saturated rings. The normalized spacial score (nSPS) is 11.4. The summed E-state index contributed by atoms with van der Waals surface area (Å²) in [6.07, 6.45) is -3.32. The van der Waals surface area contributed by atoms with Gasteiger partial charge in [-0.3, -0.25) is 4.79 Å². The van der Waals surface area contributed by atoms with Crippen LogP contribution in [0.5, 0.6) is 0 Å². The highest BCUT2D eigenvalue weighted by Gasteiger charge is 2.32. The zero-order valence-electron chi connectivity index (χ0n) is 6.70. The molecular formula is C7H7F3N2O. The predicted molar refractivity (Wildman–Crippen MR) is 40.1 cm³/mol. The Morgan fingerprint density at radius 1 is 1.54 bits per heavy atom. The predicted octanol–water partition coefficient (Wildman–Crippen LogP) is 1.99. The highest BCUT2D eigenvalue weighted by Crippen LogP contribution is 2.29. The summed E-state index contributed by atoms with van der Waals surface area (Å²) in [6, 6.07) is 0.835. The molecule has 2 N–H and O–H groups in total. The maximum atomic E-state index is 12.0. The van der Waals surface area contributed by atoms with E-state index in [1.165, 1.54) is 6.92 Å². The number of halogens is 3. The van der Waals surface area contributed by atoms with Gasteiger partial charge in [-0.25, -0.2) is 0 Å². The first-order valence-corrected chi connectivity index (χ1v) is 3.43. The maximum Gasteiger partial charge on any atom is 0.431 e. The van der Waals surface area contributed by atoms with Crippen molar-refractivity contribution in [2.45, 2.75) is 13.1 Å². The molecule has 0 spiro atoms. The topological polar surface area (TPSA) is 44.9 Å². The fraction of sp³-hybridized carbons (Fsp3) is 0.286. The number of hydrogen-bond acceptors (Lipinski definition) is 1. The first-order chi connectivity index (χ1) is 5.89. The monoisotopic (exact) mass is 192 g/mol. The van der Waals surface area contributed by atoms with Crippen molar-refractivity contribution in [3.63, 3.8) is 0 Å². The van der Waals surface area contributed by atoms with Gasteiger partial charge in [-0.2, -0.15) is 13.2 Å². The summed E-state index contributed by atoms with van der Waals surface area (Å²) in [5.74, 6) is -0.410. The van der Waals surface area contributed by atoms with Gasteiger partial charge < -0.3 is 10.3 Å². The standard InChI is InChI=1S/C7H7F3N2O/c1-4(13)12-5-2-6(11-3-5)7(8,9)10/h2-3,11H,1H3,(H,12,13). The lowest BCUT2D eigenvalue weighted by atomic mass is 10.4. The Morgan fingerprint density at radius 2 is 2.15 bits per heavy atom. The van der Waals surface area contributed by atoms with Gasteiger partial charge in [0, 0.05) is 13.1 Å². The molecule has 0 aromatic carbocycles. The fourth-order valence-electron chi connectivity index (χ4n) is 0.833. The van der Waals surface area contributed by atoms with Gasteiger partial charge in [0.05, 0.1) is 5.69 Å². The Labute approximate surface area is 71.9 Å². The fourth-order valence-corrected chi connectivity index (χ4v) is 0.833. The summed E-state index contributed by atoms with van der Waals surface area (Å²) in [6.45, 7) is 1.22. The van der Waals surface area contributed by atoms with Crippen LogP contribution < -0.4 is 5.32 Å². The molecule has 1 aromatic heterocycles. The van der Waals surface area contributed by atoms with Crippen molar-refractivity contribution < 1.29 is 18.0 Å². The molecule has 0 atom stereocenters. The van der Waals surface area contributed by atoms with E-state index in [2.05, 4.69) is 5.32 Å². The molecule has 0 aliphatic carbocycles. The maximum absolute atomic E-state index is 12.0. The molecule has 1 aromatic rings. The summed E-state index contributed by atoms with van der Waals surface area (Å²) in [5, 5.41) is 2.23. The minimum Gasteiger partial charge on any atom is -0.356 e. The zero-order valence-corrected chi connectivity index (χ0v) is 6.70. The Morgan fingerprint density at radius 3 is 2.54 bits per heavy atom. The van der Waals surface area contributed by atoms with Crippen LogP contribution in [0.4, 0.5) is 18.9 Å². The Hall–Kier alpha value is -1.46. The molecule has 0 radical (unpaired) electrons. The van der Waals surface area contributed by atoms with Crippen molar-refractivity contribution in [2.24, 2.45) is 0 Å². The van der Waals surface area contributed by atoms with Crippen LogP contribution in [0.3, 0.4) is 0 Å². The Bertz CT molecular complexity index is 316. The van der Waals surface area contributed by atoms with Crippen LogP contribution in [-0.4, -0.2) is 10.9 Å². The molecule has 0 unspecified atom stereocenters. The smallest absolute Gasteiger partial charge is 0.356 e. The third-order valence-corrected chi connectivity index (χ3v) is 1.31. The largest absolute Gasteiger partial charge is 0.431 e. The number of alkyl halides is 3. The second-order valence-electron chi connectivity index (χ2n) is 2.48. The van der Waals surface area contributed by atoms with Crippen molar-refractivity contribution in [1.82, 2.24) is 4.98 Å². The van der Waals surface area contributed by atoms with Crippen LogP contribution in [0.1, 0.15) is 12.6 Å². The minimum absolute atomic E-state index is 0.111. The average molecular weight is 192 g/mol. The number of anilines is 1. The van der Waals surface area contributed by atoms with Gasteiger partial charge in [0.2, 0.25) is 5.91 Å². The molecule has 1 rings (SSSR count). The number of aromatic amines is 1. The van der Waals surface area contributed by atoms with E-state index in [0.29, 0.717) is 0 Å². The SMILES string of the molecule is CC(=O)Nc1c[nH]c(C(F)(F)F)c1. The highest BCUT2D eigenvalue weighted by molar-refractivity contribution is 5.88. The molecule has 1 heterocycles. The second kappa shape index (κ2) is 3.12. The number of hydrogen-bond donors (Lipinski definition) is 2. The quantitative estimate of drug-likeness (QED) is 0.702. The third kappa shape index (κ3) is 2.50. The van der Waals surface area contributed by atoms with Crippen molar-refractivity contribution in [3.05, 3.63) is 18.0 Å². The number of aromatic nitrogens is 1. The van der Waals surface area contributed by atoms with Crippen molar-refractivity contribution >= 4 is 11.6 Å². The number of carbonyl (C=O) groups excluding carboxylic acids is 1. The molecule has 1 amide bonds. The lowest BCUT2D eigenvalue weighted by Gasteiger charge is -2.01. The van der Waals surface area contributed by atoms with Gasteiger partial charge in [-0.05, 0) is 6.07 Å². The lowest BCUT2D eigenvalue weighted by Crippen LogP contribution is -2.06. The Balaban J connectivity index is 2.81. The molecule has 6 heteroatoms. The van der Waals surface area contributed by atoms with Gasteiger partial charge in [0.25, 0.3) is 0 Å². The Kier molecular flexibility index (Phi) is 2.31. The van der Waals surface area contributed by atoms with Crippen molar-refractivity contribution in [3.8, 4) is 0 Å². The summed E-state index contributed by atoms with van der Waals surface area (Å²) in [7, 11) is 0. The number of nitrogens with one attached hydrogen (secondary N) is 2. The number of H-pyrrole nitrogens is 1. The van der Waals surface area contributed by atoms with E-state index < -0.39 is 17.8 Å². The van der Waals surface area contributed by atoms with Crippen molar-refractivity contribution in [1.29, 1.82) is 0 Å². The van der Waals surface area contributed by atoms with Crippen LogP contribution >= 0.6 is 0 Å². The molecule has 0 bridgehead atoms. The molecule has 13 heavy (non-hydrogen) atoms. The first kappa shape index (κ1) is 9.63. The van der Waals surface area contributed by atoms with E-state index in [4.69, 9.17) is 0 Å². The van der Waals surface area contributed by atoms with Crippen molar-refractivity contribution in [2.75, 3.05) is 5.32 Å². The van der Waals surface area contributed by atoms with Crippen LogP contribution in [0.15, 0.2) is 12.3 Å². The van der Waals surface area contributed by atoms with E-state index in [0.717, 1.165) is 12.3 Å². The van der Waals surface area contributed by atoms with E-state index in [1.54, 1.807) is 0 Å². The molecule has 0 saturated carbocycles. The van der Waals surface area contributed by atoms with E-state index in [9.17, 15) is 18.0 Å². The van der Waals surface area contributed by atoms with E-state index in [-0.39, 0.29) is 5.69 Å². The highest BCUT2D eigenvalue weighted by atomic mass is 19.4. The molecule has 0 aliphatic rings. The van der Waals surface area contributed by atoms with Gasteiger partial charge in [-0.1, -0.05) is 0 Å². The summed E-state index contributed by atoms with van der Waals surface area (Å²) in [4.78, 5) is 12.5. The van der Waals surface area contributed by atoms with E-state index >= 15 is 0 Å². The third-order valence-electron chi connectivity index (χ3n) is 1.31. The number of amides is 1. The first-order valence-electron chi connectivity index (χ1n) is 3.43. The van der Waals surface area contributed by atoms with Gasteiger partial charge in [0.15, 0.2) is 0 Å². The molecule has 0 saturated heterocycles. The number of carbonyl (C=O) groups is 1. The lowest BCUT2D eigenvalue weighted by molar-refractivity contribution is -0.140. The van der Waals surface area contributed by atoms with Crippen LogP contribution in [0.2, 0.25) is 0 Å². The average Bonchev–Trinajstić information content (AvgIpc) is 2.32. The molecule has 72 valence electrons. The summed E-state index contributed by atoms with van der Waals surface area (Å²) >= 11 is 0. The molecule has 0 aliphatic heterocycles. The van der Waals surface area contributed by atoms with Crippen LogP contribution in [-0.2, 0) is 11.0 Å². The van der Waals surface area contributed by atoms with Crippen LogP contribution in [0.25, 0.3) is 0 Å². The molecular weight excluding hydrogens is 185 g/mol. The zero-order chi connectivity index (χ0) is 10.1. The second-order valence-corrected chi connectivity index (χ2v) is 2.48. The molecule has 3 nitrogen and oxygen atoms in total. The van der Waals surface area contributed by atoms with Gasteiger partial charge >= 0.3 is 6.18 Å². The minimum atomic E-state index is -4.41. The number of rotatable bonds is 1.